The number of amidine groups is 1. The van der Waals surface area contributed by atoms with Gasteiger partial charge in [0, 0.05) is 0 Å². The molecule has 0 amide bonds. The number of likely N-dealkylation sites (N-methyl/N-ethyl adjacent to an activating group) is 1. The molecule has 1 saturated heterocycles. The molecule has 1 unspecified atom stereocenters. The van der Waals surface area contributed by atoms with Gasteiger partial charge in [0.15, 0.2) is 0 Å². The summed E-state index contributed by atoms with van der Waals surface area (Å²) in [7, 11) is 2.03. The fourth-order valence-electron chi connectivity index (χ4n) is 1.47. The van der Waals surface area contributed by atoms with Crippen molar-refractivity contribution in [3.8, 4) is 0 Å². The van der Waals surface area contributed by atoms with Crippen molar-refractivity contribution in [3.63, 3.8) is 0 Å². The molecule has 3 heteroatoms. The van der Waals surface area contributed by atoms with Gasteiger partial charge in [-0.3, -0.25) is 10.3 Å². The molecular weight excluding hydrogens is 126 g/mol. The van der Waals surface area contributed by atoms with Gasteiger partial charge in [0.05, 0.1) is 6.04 Å². The third-order valence-electron chi connectivity index (χ3n) is 2.13. The maximum Gasteiger partial charge on any atom is 0.108 e. The van der Waals surface area contributed by atoms with E-state index in [1.54, 1.807) is 0 Å². The van der Waals surface area contributed by atoms with E-state index in [-0.39, 0.29) is 6.04 Å². The number of nitrogens with one attached hydrogen (secondary N) is 1. The van der Waals surface area contributed by atoms with Crippen LogP contribution in [0.15, 0.2) is 0 Å². The van der Waals surface area contributed by atoms with E-state index in [4.69, 9.17) is 11.1 Å². The van der Waals surface area contributed by atoms with Crippen LogP contribution in [0, 0.1) is 5.41 Å². The molecule has 0 bridgehead atoms. The Morgan fingerprint density at radius 2 is 2.30 bits per heavy atom. The summed E-state index contributed by atoms with van der Waals surface area (Å²) in [5.74, 6) is 0.321. The van der Waals surface area contributed by atoms with Crippen LogP contribution in [0.3, 0.4) is 0 Å². The molecule has 0 radical (unpaired) electrons. The highest BCUT2D eigenvalue weighted by Crippen LogP contribution is 2.13. The molecule has 3 N–H and O–H groups in total. The number of hydrogen-bond acceptors (Lipinski definition) is 2. The van der Waals surface area contributed by atoms with Crippen molar-refractivity contribution in [2.45, 2.75) is 25.3 Å². The Kier molecular flexibility index (Phi) is 2.27. The van der Waals surface area contributed by atoms with Gasteiger partial charge in [0.25, 0.3) is 0 Å². The second-order valence-corrected chi connectivity index (χ2v) is 2.95. The molecular formula is C7H15N3. The zero-order valence-corrected chi connectivity index (χ0v) is 6.43. The lowest BCUT2D eigenvalue weighted by Crippen LogP contribution is -2.44. The van der Waals surface area contributed by atoms with Gasteiger partial charge in [-0.25, -0.2) is 0 Å². The van der Waals surface area contributed by atoms with Crippen LogP contribution >= 0.6 is 0 Å². The summed E-state index contributed by atoms with van der Waals surface area (Å²) in [5.41, 5.74) is 5.40. The van der Waals surface area contributed by atoms with Crippen molar-refractivity contribution >= 4 is 5.84 Å². The van der Waals surface area contributed by atoms with E-state index in [2.05, 4.69) is 4.90 Å². The van der Waals surface area contributed by atoms with Crippen LogP contribution in [0.25, 0.3) is 0 Å². The van der Waals surface area contributed by atoms with E-state index in [1.807, 2.05) is 7.05 Å². The summed E-state index contributed by atoms with van der Waals surface area (Å²) in [6.45, 7) is 1.09. The quantitative estimate of drug-likeness (QED) is 0.410. The van der Waals surface area contributed by atoms with E-state index in [9.17, 15) is 0 Å². The summed E-state index contributed by atoms with van der Waals surface area (Å²) < 4.78 is 0. The number of hydrogen-bond donors (Lipinski definition) is 2. The number of rotatable bonds is 1. The molecule has 1 aliphatic rings. The molecule has 0 spiro atoms. The minimum atomic E-state index is 0.216. The molecule has 0 aliphatic carbocycles. The van der Waals surface area contributed by atoms with Crippen LogP contribution in [0.2, 0.25) is 0 Å². The molecule has 10 heavy (non-hydrogen) atoms. The second kappa shape index (κ2) is 3.01. The Hall–Kier alpha value is -0.570. The zero-order valence-electron chi connectivity index (χ0n) is 6.43. The minimum Gasteiger partial charge on any atom is -0.386 e. The topological polar surface area (TPSA) is 53.1 Å². The Morgan fingerprint density at radius 1 is 1.60 bits per heavy atom. The molecule has 1 heterocycles. The predicted octanol–water partition coefficient (Wildman–Crippen LogP) is 0.407. The summed E-state index contributed by atoms with van der Waals surface area (Å²) in [6, 6.07) is 0.216. The predicted molar refractivity (Wildman–Crippen MR) is 42.2 cm³/mol. The summed E-state index contributed by atoms with van der Waals surface area (Å²) in [4.78, 5) is 2.16. The van der Waals surface area contributed by atoms with E-state index >= 15 is 0 Å². The van der Waals surface area contributed by atoms with Crippen LogP contribution in [-0.2, 0) is 0 Å². The molecule has 0 aromatic heterocycles. The maximum absolute atomic E-state index is 7.26. The summed E-state index contributed by atoms with van der Waals surface area (Å²) in [5, 5.41) is 7.26. The van der Waals surface area contributed by atoms with E-state index in [0.29, 0.717) is 5.84 Å². The Balaban J connectivity index is 2.47. The van der Waals surface area contributed by atoms with Crippen molar-refractivity contribution in [1.29, 1.82) is 5.41 Å². The SMILES string of the molecule is CN1CCCCC1C(=N)N. The van der Waals surface area contributed by atoms with Gasteiger partial charge in [-0.05, 0) is 26.4 Å². The largest absolute Gasteiger partial charge is 0.386 e. The Bertz CT molecular complexity index is 133. The van der Waals surface area contributed by atoms with Crippen LogP contribution in [0.5, 0.6) is 0 Å². The third kappa shape index (κ3) is 1.48. The molecule has 1 atom stereocenters. The number of piperidine rings is 1. The molecule has 58 valence electrons. The van der Waals surface area contributed by atoms with Gasteiger partial charge >= 0.3 is 0 Å². The average molecular weight is 141 g/mol. The van der Waals surface area contributed by atoms with Gasteiger partial charge in [-0.2, -0.15) is 0 Å². The number of nitrogens with two attached hydrogens (primary N) is 1. The summed E-state index contributed by atoms with van der Waals surface area (Å²) in [6.07, 6.45) is 3.53. The minimum absolute atomic E-state index is 0.216. The highest BCUT2D eigenvalue weighted by atomic mass is 15.2. The van der Waals surface area contributed by atoms with Crippen LogP contribution in [0.1, 0.15) is 19.3 Å². The molecule has 0 aromatic rings. The molecule has 1 aliphatic heterocycles. The maximum atomic E-state index is 7.26. The molecule has 0 aromatic carbocycles. The third-order valence-corrected chi connectivity index (χ3v) is 2.13. The van der Waals surface area contributed by atoms with Crippen LogP contribution < -0.4 is 5.73 Å². The first kappa shape index (κ1) is 7.54. The molecule has 3 nitrogen and oxygen atoms in total. The number of nitrogens with zero attached hydrogens (tertiary/aromatic N) is 1. The van der Waals surface area contributed by atoms with Gasteiger partial charge in [0.1, 0.15) is 5.84 Å². The smallest absolute Gasteiger partial charge is 0.108 e. The van der Waals surface area contributed by atoms with Crippen LogP contribution in [-0.4, -0.2) is 30.4 Å². The van der Waals surface area contributed by atoms with Crippen LogP contribution in [0.4, 0.5) is 0 Å². The van der Waals surface area contributed by atoms with E-state index in [1.165, 1.54) is 12.8 Å². The first-order chi connectivity index (χ1) is 4.72. The first-order valence-corrected chi connectivity index (χ1v) is 3.76. The van der Waals surface area contributed by atoms with Crippen molar-refractivity contribution in [2.24, 2.45) is 5.73 Å². The molecule has 1 fully saturated rings. The Morgan fingerprint density at radius 3 is 2.70 bits per heavy atom. The van der Waals surface area contributed by atoms with Crippen molar-refractivity contribution < 1.29 is 0 Å². The highest BCUT2D eigenvalue weighted by Gasteiger charge is 2.20. The zero-order chi connectivity index (χ0) is 7.56. The van der Waals surface area contributed by atoms with Crippen molar-refractivity contribution in [3.05, 3.63) is 0 Å². The lowest BCUT2D eigenvalue weighted by Gasteiger charge is -2.31. The molecule has 0 saturated carbocycles. The van der Waals surface area contributed by atoms with Gasteiger partial charge in [-0.15, -0.1) is 0 Å². The summed E-state index contributed by atoms with van der Waals surface area (Å²) >= 11 is 0. The normalized spacial score (nSPS) is 28.3. The average Bonchev–Trinajstić information content (AvgIpc) is 1.88. The standard InChI is InChI=1S/C7H15N3/c1-10-5-3-2-4-6(10)7(8)9/h6H,2-5H2,1H3,(H3,8,9). The van der Waals surface area contributed by atoms with Gasteiger partial charge in [0.2, 0.25) is 0 Å². The number of likely N-dealkylation sites (tertiary alicyclic amines) is 1. The second-order valence-electron chi connectivity index (χ2n) is 2.95. The fourth-order valence-corrected chi connectivity index (χ4v) is 1.47. The van der Waals surface area contributed by atoms with E-state index in [0.717, 1.165) is 13.0 Å². The lowest BCUT2D eigenvalue weighted by molar-refractivity contribution is 0.234. The monoisotopic (exact) mass is 141 g/mol. The fraction of sp³-hybridized carbons (Fsp3) is 0.857. The lowest BCUT2D eigenvalue weighted by atomic mass is 10.0. The van der Waals surface area contributed by atoms with Crippen molar-refractivity contribution in [2.75, 3.05) is 13.6 Å². The molecule has 1 rings (SSSR count). The van der Waals surface area contributed by atoms with E-state index < -0.39 is 0 Å². The van der Waals surface area contributed by atoms with Crippen molar-refractivity contribution in [1.82, 2.24) is 4.90 Å². The van der Waals surface area contributed by atoms with Gasteiger partial charge in [-0.1, -0.05) is 6.42 Å². The Labute approximate surface area is 61.7 Å². The first-order valence-electron chi connectivity index (χ1n) is 3.76. The highest BCUT2D eigenvalue weighted by molar-refractivity contribution is 5.82. The van der Waals surface area contributed by atoms with Gasteiger partial charge < -0.3 is 5.73 Å².